The van der Waals surface area contributed by atoms with E-state index in [4.69, 9.17) is 4.74 Å². The molecule has 0 bridgehead atoms. The molecular formula is C18H25N3O2. The van der Waals surface area contributed by atoms with E-state index < -0.39 is 0 Å². The quantitative estimate of drug-likeness (QED) is 0.825. The third-order valence-electron chi connectivity index (χ3n) is 3.69. The molecular weight excluding hydrogens is 290 g/mol. The van der Waals surface area contributed by atoms with Crippen LogP contribution in [0.15, 0.2) is 24.3 Å². The van der Waals surface area contributed by atoms with Gasteiger partial charge in [0.1, 0.15) is 5.75 Å². The average molecular weight is 315 g/mol. The molecule has 0 atom stereocenters. The molecule has 124 valence electrons. The van der Waals surface area contributed by atoms with E-state index >= 15 is 0 Å². The highest BCUT2D eigenvalue weighted by Gasteiger charge is 2.08. The van der Waals surface area contributed by atoms with Crippen molar-refractivity contribution in [1.82, 2.24) is 15.5 Å². The molecule has 0 unspecified atom stereocenters. The summed E-state index contributed by atoms with van der Waals surface area (Å²) in [6, 6.07) is 7.25. The van der Waals surface area contributed by atoms with E-state index in [1.807, 2.05) is 26.0 Å². The minimum atomic E-state index is -0.0464. The molecule has 0 aliphatic rings. The summed E-state index contributed by atoms with van der Waals surface area (Å²) >= 11 is 0. The van der Waals surface area contributed by atoms with Gasteiger partial charge in [0, 0.05) is 24.2 Å². The molecule has 1 heterocycles. The number of rotatable bonds is 7. The van der Waals surface area contributed by atoms with Crippen LogP contribution in [0.1, 0.15) is 41.2 Å². The van der Waals surface area contributed by atoms with Gasteiger partial charge in [0.2, 0.25) is 0 Å². The van der Waals surface area contributed by atoms with Crippen molar-refractivity contribution in [3.05, 3.63) is 46.8 Å². The van der Waals surface area contributed by atoms with Crippen LogP contribution in [0.4, 0.5) is 0 Å². The van der Waals surface area contributed by atoms with Crippen LogP contribution in [0.2, 0.25) is 0 Å². The Bertz CT molecular complexity index is 625. The lowest BCUT2D eigenvalue weighted by atomic mass is 10.1. The molecule has 5 heteroatoms. The van der Waals surface area contributed by atoms with Crippen molar-refractivity contribution in [3.8, 4) is 5.75 Å². The number of carbonyl (C=O) groups excluding carboxylic acids is 1. The molecule has 0 aliphatic carbocycles. The van der Waals surface area contributed by atoms with E-state index in [1.165, 1.54) is 5.56 Å². The van der Waals surface area contributed by atoms with Gasteiger partial charge in [-0.3, -0.25) is 9.89 Å². The standard InChI is InChI=1S/C18H25N3O2/c1-12(2)11-19-18(22)15-5-7-16(8-6-15)23-10-9-17-13(3)20-21-14(17)4/h5-8,12H,9-11H2,1-4H3,(H,19,22)(H,20,21). The molecule has 1 amide bonds. The second kappa shape index (κ2) is 7.81. The van der Waals surface area contributed by atoms with Crippen molar-refractivity contribution in [2.75, 3.05) is 13.2 Å². The predicted molar refractivity (Wildman–Crippen MR) is 90.9 cm³/mol. The third-order valence-corrected chi connectivity index (χ3v) is 3.69. The number of hydrogen-bond acceptors (Lipinski definition) is 3. The van der Waals surface area contributed by atoms with Crippen LogP contribution in [-0.4, -0.2) is 29.3 Å². The molecule has 23 heavy (non-hydrogen) atoms. The van der Waals surface area contributed by atoms with Crippen molar-refractivity contribution >= 4 is 5.91 Å². The zero-order valence-corrected chi connectivity index (χ0v) is 14.3. The van der Waals surface area contributed by atoms with E-state index in [1.54, 1.807) is 12.1 Å². The largest absolute Gasteiger partial charge is 0.493 e. The van der Waals surface area contributed by atoms with Crippen LogP contribution in [-0.2, 0) is 6.42 Å². The fraction of sp³-hybridized carbons (Fsp3) is 0.444. The molecule has 0 radical (unpaired) electrons. The molecule has 0 aliphatic heterocycles. The highest BCUT2D eigenvalue weighted by Crippen LogP contribution is 2.14. The summed E-state index contributed by atoms with van der Waals surface area (Å²) < 4.78 is 5.75. The van der Waals surface area contributed by atoms with Gasteiger partial charge in [-0.1, -0.05) is 13.8 Å². The van der Waals surface area contributed by atoms with Gasteiger partial charge in [0.05, 0.1) is 12.3 Å². The Morgan fingerprint density at radius 2 is 1.96 bits per heavy atom. The summed E-state index contributed by atoms with van der Waals surface area (Å²) in [6.07, 6.45) is 0.810. The summed E-state index contributed by atoms with van der Waals surface area (Å²) in [7, 11) is 0. The molecule has 2 aromatic rings. The minimum absolute atomic E-state index is 0.0464. The first kappa shape index (κ1) is 17.1. The van der Waals surface area contributed by atoms with Gasteiger partial charge in [0.25, 0.3) is 5.91 Å². The summed E-state index contributed by atoms with van der Waals surface area (Å²) in [4.78, 5) is 11.9. The zero-order chi connectivity index (χ0) is 16.8. The highest BCUT2D eigenvalue weighted by molar-refractivity contribution is 5.94. The first-order valence-corrected chi connectivity index (χ1v) is 7.99. The summed E-state index contributed by atoms with van der Waals surface area (Å²) in [5, 5.41) is 10.1. The average Bonchev–Trinajstić information content (AvgIpc) is 2.85. The van der Waals surface area contributed by atoms with Gasteiger partial charge >= 0.3 is 0 Å². The summed E-state index contributed by atoms with van der Waals surface area (Å²) in [6.45, 7) is 9.41. The number of benzene rings is 1. The third kappa shape index (κ3) is 4.84. The molecule has 5 nitrogen and oxygen atoms in total. The molecule has 0 spiro atoms. The maximum Gasteiger partial charge on any atom is 0.251 e. The van der Waals surface area contributed by atoms with Gasteiger partial charge in [0.15, 0.2) is 0 Å². The van der Waals surface area contributed by atoms with Crippen LogP contribution in [0.3, 0.4) is 0 Å². The Morgan fingerprint density at radius 1 is 1.26 bits per heavy atom. The number of H-pyrrole nitrogens is 1. The number of nitrogens with zero attached hydrogens (tertiary/aromatic N) is 1. The van der Waals surface area contributed by atoms with Crippen LogP contribution >= 0.6 is 0 Å². The highest BCUT2D eigenvalue weighted by atomic mass is 16.5. The molecule has 1 aromatic heterocycles. The monoisotopic (exact) mass is 315 g/mol. The number of aromatic nitrogens is 2. The molecule has 1 aromatic carbocycles. The van der Waals surface area contributed by atoms with Gasteiger partial charge < -0.3 is 10.1 Å². The minimum Gasteiger partial charge on any atom is -0.493 e. The number of ether oxygens (including phenoxy) is 1. The number of aromatic amines is 1. The Kier molecular flexibility index (Phi) is 5.79. The number of amides is 1. The van der Waals surface area contributed by atoms with Crippen molar-refractivity contribution in [2.24, 2.45) is 5.92 Å². The van der Waals surface area contributed by atoms with Crippen LogP contribution < -0.4 is 10.1 Å². The smallest absolute Gasteiger partial charge is 0.251 e. The van der Waals surface area contributed by atoms with E-state index in [-0.39, 0.29) is 5.91 Å². The second-order valence-corrected chi connectivity index (χ2v) is 6.14. The van der Waals surface area contributed by atoms with Crippen molar-refractivity contribution in [1.29, 1.82) is 0 Å². The first-order chi connectivity index (χ1) is 11.0. The Balaban J connectivity index is 1.84. The molecule has 0 saturated heterocycles. The Labute approximate surface area is 137 Å². The maximum absolute atomic E-state index is 11.9. The van der Waals surface area contributed by atoms with E-state index in [0.717, 1.165) is 23.6 Å². The van der Waals surface area contributed by atoms with Gasteiger partial charge in [-0.25, -0.2) is 0 Å². The molecule has 0 fully saturated rings. The maximum atomic E-state index is 11.9. The molecule has 2 rings (SSSR count). The summed E-state index contributed by atoms with van der Waals surface area (Å²) in [5.41, 5.74) is 3.96. The number of hydrogen-bond donors (Lipinski definition) is 2. The number of aryl methyl sites for hydroxylation is 2. The second-order valence-electron chi connectivity index (χ2n) is 6.14. The van der Waals surface area contributed by atoms with Gasteiger partial charge in [-0.2, -0.15) is 5.10 Å². The fourth-order valence-electron chi connectivity index (χ4n) is 2.31. The Morgan fingerprint density at radius 3 is 2.52 bits per heavy atom. The van der Waals surface area contributed by atoms with Gasteiger partial charge in [-0.05, 0) is 49.6 Å². The number of nitrogens with one attached hydrogen (secondary N) is 2. The number of carbonyl (C=O) groups is 1. The first-order valence-electron chi connectivity index (χ1n) is 7.99. The SMILES string of the molecule is Cc1n[nH]c(C)c1CCOc1ccc(C(=O)NCC(C)C)cc1. The predicted octanol–water partition coefficient (Wildman–Crippen LogP) is 3.03. The lowest BCUT2D eigenvalue weighted by molar-refractivity contribution is 0.0949. The topological polar surface area (TPSA) is 67.0 Å². The lowest BCUT2D eigenvalue weighted by Crippen LogP contribution is -2.27. The molecule has 0 saturated carbocycles. The van der Waals surface area contributed by atoms with Crippen LogP contribution in [0.5, 0.6) is 5.75 Å². The summed E-state index contributed by atoms with van der Waals surface area (Å²) in [5.74, 6) is 1.16. The van der Waals surface area contributed by atoms with Crippen molar-refractivity contribution in [2.45, 2.75) is 34.1 Å². The lowest BCUT2D eigenvalue weighted by Gasteiger charge is -2.09. The zero-order valence-electron chi connectivity index (χ0n) is 14.3. The van der Waals surface area contributed by atoms with E-state index in [0.29, 0.717) is 24.6 Å². The Hall–Kier alpha value is -2.30. The van der Waals surface area contributed by atoms with Crippen molar-refractivity contribution in [3.63, 3.8) is 0 Å². The van der Waals surface area contributed by atoms with E-state index in [2.05, 4.69) is 29.4 Å². The van der Waals surface area contributed by atoms with Crippen LogP contribution in [0.25, 0.3) is 0 Å². The fourth-order valence-corrected chi connectivity index (χ4v) is 2.31. The molecule has 2 N–H and O–H groups in total. The van der Waals surface area contributed by atoms with Crippen LogP contribution in [0, 0.1) is 19.8 Å². The van der Waals surface area contributed by atoms with Gasteiger partial charge in [-0.15, -0.1) is 0 Å². The van der Waals surface area contributed by atoms with E-state index in [9.17, 15) is 4.79 Å². The normalized spacial score (nSPS) is 10.8. The van der Waals surface area contributed by atoms with Crippen molar-refractivity contribution < 1.29 is 9.53 Å².